The zero-order valence-electron chi connectivity index (χ0n) is 43.7. The number of hydrogen-bond donors (Lipinski definition) is 8. The van der Waals surface area contributed by atoms with Crippen molar-refractivity contribution in [2.24, 2.45) is 0 Å². The molecule has 1 amide bonds. The molecule has 0 aromatic heterocycles. The minimum absolute atomic E-state index is 0.267. The van der Waals surface area contributed by atoms with Gasteiger partial charge in [-0.1, -0.05) is 271 Å². The second-order valence-electron chi connectivity index (χ2n) is 20.7. The molecular formula is C56H111NO10. The Kier molecular flexibility index (Phi) is 44.2. The van der Waals surface area contributed by atoms with E-state index in [1.807, 2.05) is 0 Å². The summed E-state index contributed by atoms with van der Waals surface area (Å²) in [5.41, 5.74) is 0. The van der Waals surface area contributed by atoms with E-state index in [1.165, 1.54) is 205 Å². The number of amides is 1. The van der Waals surface area contributed by atoms with Crippen LogP contribution in [-0.2, 0) is 14.3 Å². The molecule has 0 aromatic rings. The van der Waals surface area contributed by atoms with Crippen LogP contribution in [0.25, 0.3) is 0 Å². The first-order chi connectivity index (χ1) is 32.7. The van der Waals surface area contributed by atoms with Gasteiger partial charge in [0.15, 0.2) is 6.29 Å². The van der Waals surface area contributed by atoms with E-state index in [1.54, 1.807) is 0 Å². The van der Waals surface area contributed by atoms with Gasteiger partial charge in [0.2, 0.25) is 5.91 Å². The van der Waals surface area contributed by atoms with Gasteiger partial charge in [-0.05, 0) is 12.8 Å². The standard InChI is InChI=1S/C56H111NO10/c1-3-5-7-9-11-13-15-17-19-20-21-22-23-24-25-26-27-28-30-32-34-36-38-40-42-44-49(60)55(65)57-47(46-66-56-54(64)53(63)52(62)50(45-58)67-56)51(61)48(59)43-41-39-37-35-33-31-29-18-16-14-12-10-8-6-4-2/h47-54,56,58-64H,3-46H2,1-2H3,(H,57,65). The van der Waals surface area contributed by atoms with Crippen LogP contribution >= 0.6 is 0 Å². The van der Waals surface area contributed by atoms with Crippen LogP contribution < -0.4 is 5.32 Å². The van der Waals surface area contributed by atoms with Gasteiger partial charge in [0, 0.05) is 0 Å². The van der Waals surface area contributed by atoms with Gasteiger partial charge in [-0.2, -0.15) is 0 Å². The predicted molar refractivity (Wildman–Crippen MR) is 275 cm³/mol. The first-order valence-corrected chi connectivity index (χ1v) is 28.9. The molecule has 1 saturated heterocycles. The maximum Gasteiger partial charge on any atom is 0.249 e. The van der Waals surface area contributed by atoms with Crippen molar-refractivity contribution >= 4 is 5.91 Å². The summed E-state index contributed by atoms with van der Waals surface area (Å²) < 4.78 is 11.1. The normalized spacial score (nSPS) is 20.5. The molecule has 0 aromatic carbocycles. The Morgan fingerprint density at radius 1 is 0.463 bits per heavy atom. The zero-order valence-corrected chi connectivity index (χ0v) is 43.7. The Morgan fingerprint density at radius 3 is 1.10 bits per heavy atom. The number of ether oxygens (including phenoxy) is 2. The number of aliphatic hydroxyl groups excluding tert-OH is 7. The van der Waals surface area contributed by atoms with E-state index < -0.39 is 74.2 Å². The molecule has 1 rings (SSSR count). The number of carbonyl (C=O) groups excluding carboxylic acids is 1. The summed E-state index contributed by atoms with van der Waals surface area (Å²) >= 11 is 0. The smallest absolute Gasteiger partial charge is 0.249 e. The van der Waals surface area contributed by atoms with E-state index in [-0.39, 0.29) is 6.42 Å². The highest BCUT2D eigenvalue weighted by Gasteiger charge is 2.44. The Balaban J connectivity index is 2.27. The van der Waals surface area contributed by atoms with Gasteiger partial charge in [0.05, 0.1) is 25.4 Å². The van der Waals surface area contributed by atoms with Crippen LogP contribution in [0, 0.1) is 0 Å². The van der Waals surface area contributed by atoms with Crippen molar-refractivity contribution in [2.75, 3.05) is 13.2 Å². The molecule has 11 heteroatoms. The van der Waals surface area contributed by atoms with Gasteiger partial charge in [-0.3, -0.25) is 4.79 Å². The minimum Gasteiger partial charge on any atom is -0.394 e. The lowest BCUT2D eigenvalue weighted by Crippen LogP contribution is -2.60. The molecule has 1 aliphatic rings. The number of nitrogens with one attached hydrogen (secondary N) is 1. The van der Waals surface area contributed by atoms with Crippen LogP contribution in [0.2, 0.25) is 0 Å². The fraction of sp³-hybridized carbons (Fsp3) is 0.982. The average molecular weight is 959 g/mol. The second-order valence-corrected chi connectivity index (χ2v) is 20.7. The molecule has 400 valence electrons. The van der Waals surface area contributed by atoms with Crippen molar-refractivity contribution in [1.82, 2.24) is 5.32 Å². The average Bonchev–Trinajstić information content (AvgIpc) is 3.33. The third kappa shape index (κ3) is 35.0. The molecule has 1 fully saturated rings. The van der Waals surface area contributed by atoms with Crippen molar-refractivity contribution in [1.29, 1.82) is 0 Å². The third-order valence-electron chi connectivity index (χ3n) is 14.4. The molecule has 0 saturated carbocycles. The summed E-state index contributed by atoms with van der Waals surface area (Å²) in [5, 5.41) is 76.1. The van der Waals surface area contributed by atoms with Crippen LogP contribution in [0.5, 0.6) is 0 Å². The van der Waals surface area contributed by atoms with Gasteiger partial charge in [-0.15, -0.1) is 0 Å². The minimum atomic E-state index is -1.66. The second kappa shape index (κ2) is 46.2. The van der Waals surface area contributed by atoms with Gasteiger partial charge < -0.3 is 50.5 Å². The molecule has 8 N–H and O–H groups in total. The molecule has 1 heterocycles. The van der Waals surface area contributed by atoms with Crippen molar-refractivity contribution in [2.45, 2.75) is 339 Å². The highest BCUT2D eigenvalue weighted by atomic mass is 16.7. The highest BCUT2D eigenvalue weighted by molar-refractivity contribution is 5.80. The van der Waals surface area contributed by atoms with Crippen molar-refractivity contribution in [3.05, 3.63) is 0 Å². The molecule has 11 nitrogen and oxygen atoms in total. The Morgan fingerprint density at radius 2 is 0.776 bits per heavy atom. The lowest BCUT2D eigenvalue weighted by Gasteiger charge is -2.40. The summed E-state index contributed by atoms with van der Waals surface area (Å²) in [4.78, 5) is 13.2. The monoisotopic (exact) mass is 958 g/mol. The number of rotatable bonds is 50. The van der Waals surface area contributed by atoms with E-state index in [2.05, 4.69) is 19.2 Å². The Hall–Kier alpha value is -0.890. The Labute approximate surface area is 411 Å². The molecule has 0 aliphatic carbocycles. The predicted octanol–water partition coefficient (Wildman–Crippen LogP) is 11.8. The summed E-state index contributed by atoms with van der Waals surface area (Å²) in [6.07, 6.45) is 40.1. The first-order valence-electron chi connectivity index (χ1n) is 28.9. The van der Waals surface area contributed by atoms with E-state index >= 15 is 0 Å². The fourth-order valence-corrected chi connectivity index (χ4v) is 9.68. The highest BCUT2D eigenvalue weighted by Crippen LogP contribution is 2.24. The summed E-state index contributed by atoms with van der Waals surface area (Å²) in [7, 11) is 0. The van der Waals surface area contributed by atoms with Crippen LogP contribution in [0.3, 0.4) is 0 Å². The quantitative estimate of drug-likeness (QED) is 0.0273. The molecule has 9 unspecified atom stereocenters. The van der Waals surface area contributed by atoms with Gasteiger partial charge in [0.1, 0.15) is 36.6 Å². The van der Waals surface area contributed by atoms with Gasteiger partial charge in [-0.25, -0.2) is 0 Å². The molecule has 67 heavy (non-hydrogen) atoms. The van der Waals surface area contributed by atoms with Gasteiger partial charge >= 0.3 is 0 Å². The number of carbonyl (C=O) groups is 1. The van der Waals surface area contributed by atoms with Gasteiger partial charge in [0.25, 0.3) is 0 Å². The van der Waals surface area contributed by atoms with E-state index in [4.69, 9.17) is 9.47 Å². The molecule has 0 spiro atoms. The largest absolute Gasteiger partial charge is 0.394 e. The number of aliphatic hydroxyl groups is 7. The van der Waals surface area contributed by atoms with Crippen LogP contribution in [0.15, 0.2) is 0 Å². The Bertz CT molecular complexity index is 1050. The SMILES string of the molecule is CCCCCCCCCCCCCCCCCCCCCCCCCCCC(O)C(=O)NC(COC1OC(CO)C(O)C(O)C1O)C(O)C(O)CCCCCCCCCCCCCCCCC. The van der Waals surface area contributed by atoms with Crippen molar-refractivity contribution in [3.8, 4) is 0 Å². The number of hydrogen-bond acceptors (Lipinski definition) is 10. The molecule has 0 bridgehead atoms. The summed E-state index contributed by atoms with van der Waals surface area (Å²) in [5.74, 6) is -0.690. The van der Waals surface area contributed by atoms with Crippen LogP contribution in [0.4, 0.5) is 0 Å². The van der Waals surface area contributed by atoms with Crippen molar-refractivity contribution < 1.29 is 50.0 Å². The maximum atomic E-state index is 13.2. The maximum absolute atomic E-state index is 13.2. The first kappa shape index (κ1) is 64.1. The topological polar surface area (TPSA) is 189 Å². The van der Waals surface area contributed by atoms with E-state index in [0.717, 1.165) is 38.5 Å². The molecule has 0 radical (unpaired) electrons. The fourth-order valence-electron chi connectivity index (χ4n) is 9.68. The molecule has 9 atom stereocenters. The lowest BCUT2D eigenvalue weighted by molar-refractivity contribution is -0.303. The number of unbranched alkanes of at least 4 members (excludes halogenated alkanes) is 38. The summed E-state index contributed by atoms with van der Waals surface area (Å²) in [6.45, 7) is 3.49. The zero-order chi connectivity index (χ0) is 49.0. The van der Waals surface area contributed by atoms with Crippen LogP contribution in [-0.4, -0.2) is 110 Å². The van der Waals surface area contributed by atoms with E-state index in [0.29, 0.717) is 19.3 Å². The van der Waals surface area contributed by atoms with Crippen molar-refractivity contribution in [3.63, 3.8) is 0 Å². The van der Waals surface area contributed by atoms with Crippen LogP contribution in [0.1, 0.15) is 284 Å². The summed E-state index contributed by atoms with van der Waals surface area (Å²) in [6, 6.07) is -1.16. The van der Waals surface area contributed by atoms with E-state index in [9.17, 15) is 40.5 Å². The molecule has 1 aliphatic heterocycles. The third-order valence-corrected chi connectivity index (χ3v) is 14.4. The molecular weight excluding hydrogens is 847 g/mol. The lowest BCUT2D eigenvalue weighted by atomic mass is 9.98.